The Labute approximate surface area is 69.4 Å². The van der Waals surface area contributed by atoms with Crippen molar-refractivity contribution in [2.75, 3.05) is 5.12 Å². The van der Waals surface area contributed by atoms with Crippen molar-refractivity contribution in [2.45, 2.75) is 0 Å². The van der Waals surface area contributed by atoms with Gasteiger partial charge < -0.3 is 0 Å². The van der Waals surface area contributed by atoms with E-state index in [1.807, 2.05) is 0 Å². The standard InChI is InChI=1S/C7H6FN2S/c8-10(7(9)11)6-4-2-1-3-5-6/h1-5,9H. The number of rotatable bonds is 1. The van der Waals surface area contributed by atoms with Gasteiger partial charge in [0.25, 0.3) is 0 Å². The van der Waals surface area contributed by atoms with Crippen LogP contribution in [0.5, 0.6) is 0 Å². The van der Waals surface area contributed by atoms with E-state index in [-0.39, 0.29) is 10.8 Å². The lowest BCUT2D eigenvalue weighted by molar-refractivity contribution is 0.521. The highest BCUT2D eigenvalue weighted by Gasteiger charge is 2.05. The van der Waals surface area contributed by atoms with Crippen molar-refractivity contribution in [3.63, 3.8) is 0 Å². The second-order valence-electron chi connectivity index (χ2n) is 1.92. The van der Waals surface area contributed by atoms with Gasteiger partial charge in [-0.2, -0.15) is 5.12 Å². The molecule has 0 aliphatic rings. The van der Waals surface area contributed by atoms with E-state index in [9.17, 15) is 4.48 Å². The van der Waals surface area contributed by atoms with E-state index in [2.05, 4.69) is 12.2 Å². The lowest BCUT2D eigenvalue weighted by Gasteiger charge is -2.08. The average molecular weight is 169 g/mol. The molecule has 11 heavy (non-hydrogen) atoms. The van der Waals surface area contributed by atoms with Gasteiger partial charge in [0.1, 0.15) is 0 Å². The Morgan fingerprint density at radius 1 is 1.36 bits per heavy atom. The molecule has 1 aromatic carbocycles. The Kier molecular flexibility index (Phi) is 2.38. The Morgan fingerprint density at radius 3 is 2.36 bits per heavy atom. The summed E-state index contributed by atoms with van der Waals surface area (Å²) in [5, 5.41) is -0.383. The number of benzene rings is 1. The Bertz CT molecular complexity index is 250. The zero-order chi connectivity index (χ0) is 8.27. The molecule has 0 spiro atoms. The fourth-order valence-electron chi connectivity index (χ4n) is 0.676. The third-order valence-corrected chi connectivity index (χ3v) is 1.32. The molecule has 0 amide bonds. The second-order valence-corrected chi connectivity index (χ2v) is 2.31. The van der Waals surface area contributed by atoms with Gasteiger partial charge in [-0.1, -0.05) is 22.7 Å². The van der Waals surface area contributed by atoms with Crippen LogP contribution in [-0.2, 0) is 0 Å². The molecule has 0 saturated carbocycles. The van der Waals surface area contributed by atoms with Crippen molar-refractivity contribution >= 4 is 23.0 Å². The lowest BCUT2D eigenvalue weighted by atomic mass is 10.3. The number of hydrogen-bond acceptors (Lipinski definition) is 1. The summed E-state index contributed by atoms with van der Waals surface area (Å²) in [7, 11) is 0. The van der Waals surface area contributed by atoms with Crippen molar-refractivity contribution in [1.82, 2.24) is 5.73 Å². The molecular formula is C7H6FN2S. The molecule has 0 unspecified atom stereocenters. The first-order valence-electron chi connectivity index (χ1n) is 2.98. The fourth-order valence-corrected chi connectivity index (χ4v) is 0.782. The van der Waals surface area contributed by atoms with E-state index in [0.29, 0.717) is 0 Å². The minimum atomic E-state index is -0.531. The van der Waals surface area contributed by atoms with Crippen LogP contribution >= 0.6 is 12.2 Å². The number of nitrogens with one attached hydrogen (secondary N) is 1. The minimum absolute atomic E-state index is 0.148. The summed E-state index contributed by atoms with van der Waals surface area (Å²) in [4.78, 5) is 0. The van der Waals surface area contributed by atoms with Crippen LogP contribution in [0.25, 0.3) is 0 Å². The van der Waals surface area contributed by atoms with E-state index in [0.717, 1.165) is 0 Å². The Morgan fingerprint density at radius 2 is 1.91 bits per heavy atom. The molecule has 0 saturated heterocycles. The first kappa shape index (κ1) is 7.94. The predicted molar refractivity (Wildman–Crippen MR) is 45.7 cm³/mol. The zero-order valence-corrected chi connectivity index (χ0v) is 6.44. The van der Waals surface area contributed by atoms with Gasteiger partial charge in [0, 0.05) is 0 Å². The smallest absolute Gasteiger partial charge is 0.221 e. The van der Waals surface area contributed by atoms with Crippen LogP contribution < -0.4 is 10.9 Å². The maximum absolute atomic E-state index is 12.8. The normalized spacial score (nSPS) is 9.18. The molecule has 1 rings (SSSR count). The van der Waals surface area contributed by atoms with Crippen LogP contribution in [0.15, 0.2) is 30.3 Å². The maximum Gasteiger partial charge on any atom is 0.221 e. The molecule has 0 fully saturated rings. The van der Waals surface area contributed by atoms with Crippen LogP contribution in [0.2, 0.25) is 0 Å². The summed E-state index contributed by atoms with van der Waals surface area (Å²) in [5.41, 5.74) is 7.09. The summed E-state index contributed by atoms with van der Waals surface area (Å²) in [6.07, 6.45) is 0. The molecule has 0 aliphatic carbocycles. The number of thiocarbonyl (C=S) groups is 1. The van der Waals surface area contributed by atoms with Gasteiger partial charge in [-0.05, 0) is 24.4 Å². The third-order valence-electron chi connectivity index (χ3n) is 1.16. The van der Waals surface area contributed by atoms with Gasteiger partial charge in [0.15, 0.2) is 0 Å². The molecule has 57 valence electrons. The summed E-state index contributed by atoms with van der Waals surface area (Å²) >= 11 is 4.32. The van der Waals surface area contributed by atoms with E-state index >= 15 is 0 Å². The maximum atomic E-state index is 12.8. The molecule has 0 aromatic heterocycles. The van der Waals surface area contributed by atoms with Gasteiger partial charge in [-0.3, -0.25) is 5.73 Å². The quantitative estimate of drug-likeness (QED) is 0.474. The predicted octanol–water partition coefficient (Wildman–Crippen LogP) is 1.95. The number of halogens is 1. The number of nitrogens with zero attached hydrogens (tertiary/aromatic N) is 1. The van der Waals surface area contributed by atoms with E-state index in [1.54, 1.807) is 30.3 Å². The summed E-state index contributed by atoms with van der Waals surface area (Å²) in [5.74, 6) is 0. The van der Waals surface area contributed by atoms with Crippen LogP contribution in [-0.4, -0.2) is 5.11 Å². The second kappa shape index (κ2) is 3.30. The SMILES string of the molecule is [NH]C(=S)N(F)c1ccccc1. The molecule has 1 N–H and O–H groups in total. The van der Waals surface area contributed by atoms with Gasteiger partial charge >= 0.3 is 0 Å². The van der Waals surface area contributed by atoms with Crippen LogP contribution in [0.1, 0.15) is 0 Å². The van der Waals surface area contributed by atoms with Crippen molar-refractivity contribution in [3.05, 3.63) is 30.3 Å². The molecule has 0 bridgehead atoms. The van der Waals surface area contributed by atoms with Crippen molar-refractivity contribution < 1.29 is 4.48 Å². The minimum Gasteiger partial charge on any atom is -0.272 e. The highest BCUT2D eigenvalue weighted by Crippen LogP contribution is 2.12. The Balaban J connectivity index is 2.85. The van der Waals surface area contributed by atoms with E-state index in [4.69, 9.17) is 5.73 Å². The van der Waals surface area contributed by atoms with Crippen LogP contribution in [0.4, 0.5) is 10.2 Å². The molecule has 2 nitrogen and oxygen atoms in total. The van der Waals surface area contributed by atoms with Crippen LogP contribution in [0, 0.1) is 0 Å². The first-order chi connectivity index (χ1) is 5.22. The fraction of sp³-hybridized carbons (Fsp3) is 0. The monoisotopic (exact) mass is 169 g/mol. The molecule has 0 aliphatic heterocycles. The average Bonchev–Trinajstić information content (AvgIpc) is 2.05. The Hall–Kier alpha value is -1.16. The summed E-state index contributed by atoms with van der Waals surface area (Å²) in [6.45, 7) is 0. The molecule has 0 atom stereocenters. The molecular weight excluding hydrogens is 163 g/mol. The van der Waals surface area contributed by atoms with Crippen molar-refractivity contribution in [1.29, 1.82) is 0 Å². The largest absolute Gasteiger partial charge is 0.272 e. The highest BCUT2D eigenvalue weighted by atomic mass is 32.1. The van der Waals surface area contributed by atoms with Gasteiger partial charge in [0.2, 0.25) is 5.11 Å². The van der Waals surface area contributed by atoms with E-state index < -0.39 is 5.11 Å². The van der Waals surface area contributed by atoms with Crippen LogP contribution in [0.3, 0.4) is 0 Å². The molecule has 1 radical (unpaired) electrons. The van der Waals surface area contributed by atoms with E-state index in [1.165, 1.54) is 0 Å². The summed E-state index contributed by atoms with van der Waals surface area (Å²) < 4.78 is 12.8. The van der Waals surface area contributed by atoms with Crippen molar-refractivity contribution in [3.8, 4) is 0 Å². The number of para-hydroxylation sites is 1. The third kappa shape index (κ3) is 1.88. The molecule has 4 heteroatoms. The van der Waals surface area contributed by atoms with Gasteiger partial charge in [0.05, 0.1) is 5.69 Å². The van der Waals surface area contributed by atoms with Crippen molar-refractivity contribution in [2.24, 2.45) is 0 Å². The zero-order valence-electron chi connectivity index (χ0n) is 5.62. The lowest BCUT2D eigenvalue weighted by Crippen LogP contribution is -2.19. The number of hydrogen-bond donors (Lipinski definition) is 0. The summed E-state index contributed by atoms with van der Waals surface area (Å²) in [6, 6.07) is 8.21. The molecule has 0 heterocycles. The number of anilines is 1. The van der Waals surface area contributed by atoms with Gasteiger partial charge in [-0.25, -0.2) is 0 Å². The van der Waals surface area contributed by atoms with Gasteiger partial charge in [-0.15, -0.1) is 0 Å². The molecule has 1 aromatic rings. The topological polar surface area (TPSA) is 27.0 Å². The first-order valence-corrected chi connectivity index (χ1v) is 3.39. The highest BCUT2D eigenvalue weighted by molar-refractivity contribution is 7.80.